The Balaban J connectivity index is 2.48. The van der Waals surface area contributed by atoms with Gasteiger partial charge in [0.1, 0.15) is 6.04 Å². The smallest absolute Gasteiger partial charge is 0.322 e. The van der Waals surface area contributed by atoms with Gasteiger partial charge in [0, 0.05) is 6.54 Å². The Hall–Kier alpha value is -0.750. The molecule has 0 aliphatic carbocycles. The molecule has 74 valence electrons. The lowest BCUT2D eigenvalue weighted by molar-refractivity contribution is -0.144. The SMILES string of the molecule is O=C(CS)NN1CCC[C@H]1C(=O)O. The molecular weight excluding hydrogens is 192 g/mol. The van der Waals surface area contributed by atoms with Crippen molar-refractivity contribution >= 4 is 24.5 Å². The zero-order valence-electron chi connectivity index (χ0n) is 7.06. The second-order valence-electron chi connectivity index (χ2n) is 2.88. The summed E-state index contributed by atoms with van der Waals surface area (Å²) in [6, 6.07) is -0.580. The lowest BCUT2D eigenvalue weighted by Crippen LogP contribution is -2.48. The number of nitrogens with zero attached hydrogens (tertiary/aromatic N) is 1. The molecule has 0 aromatic carbocycles. The highest BCUT2D eigenvalue weighted by atomic mass is 32.1. The first kappa shape index (κ1) is 10.3. The van der Waals surface area contributed by atoms with Crippen LogP contribution >= 0.6 is 12.6 Å². The fourth-order valence-corrected chi connectivity index (χ4v) is 1.42. The average Bonchev–Trinajstić information content (AvgIpc) is 2.52. The van der Waals surface area contributed by atoms with E-state index in [9.17, 15) is 9.59 Å². The van der Waals surface area contributed by atoms with Gasteiger partial charge in [-0.2, -0.15) is 12.6 Å². The van der Waals surface area contributed by atoms with Gasteiger partial charge in [0.2, 0.25) is 5.91 Å². The minimum Gasteiger partial charge on any atom is -0.480 e. The highest BCUT2D eigenvalue weighted by molar-refractivity contribution is 7.81. The van der Waals surface area contributed by atoms with Crippen LogP contribution < -0.4 is 5.43 Å². The monoisotopic (exact) mass is 204 g/mol. The molecule has 13 heavy (non-hydrogen) atoms. The molecule has 0 spiro atoms. The number of hydrogen-bond acceptors (Lipinski definition) is 4. The average molecular weight is 204 g/mol. The number of hydrogen-bond donors (Lipinski definition) is 3. The van der Waals surface area contributed by atoms with Crippen molar-refractivity contribution in [1.82, 2.24) is 10.4 Å². The number of carbonyl (C=O) groups is 2. The van der Waals surface area contributed by atoms with Gasteiger partial charge in [-0.15, -0.1) is 0 Å². The van der Waals surface area contributed by atoms with Crippen LogP contribution in [0.25, 0.3) is 0 Å². The van der Waals surface area contributed by atoms with Gasteiger partial charge in [-0.25, -0.2) is 5.01 Å². The third-order valence-electron chi connectivity index (χ3n) is 1.95. The molecule has 1 atom stereocenters. The van der Waals surface area contributed by atoms with Crippen LogP contribution in [0.15, 0.2) is 0 Å². The van der Waals surface area contributed by atoms with Crippen LogP contribution in [0.5, 0.6) is 0 Å². The van der Waals surface area contributed by atoms with Crippen molar-refractivity contribution in [1.29, 1.82) is 0 Å². The Bertz CT molecular complexity index is 222. The summed E-state index contributed by atoms with van der Waals surface area (Å²) >= 11 is 3.78. The number of carboxylic acid groups (broad SMARTS) is 1. The predicted octanol–water partition coefficient (Wildman–Crippen LogP) is -0.504. The fraction of sp³-hybridized carbons (Fsp3) is 0.714. The number of nitrogens with one attached hydrogen (secondary N) is 1. The molecule has 1 rings (SSSR count). The van der Waals surface area contributed by atoms with E-state index < -0.39 is 12.0 Å². The fourth-order valence-electron chi connectivity index (χ4n) is 1.35. The maximum atomic E-state index is 10.9. The third kappa shape index (κ3) is 2.60. The Morgan fingerprint density at radius 3 is 2.85 bits per heavy atom. The minimum atomic E-state index is -0.892. The molecule has 0 aromatic rings. The van der Waals surface area contributed by atoms with Crippen LogP contribution in [0, 0.1) is 0 Å². The molecule has 6 heteroatoms. The van der Waals surface area contributed by atoms with Gasteiger partial charge in [0.25, 0.3) is 0 Å². The molecule has 0 aromatic heterocycles. The van der Waals surface area contributed by atoms with Crippen molar-refractivity contribution in [3.8, 4) is 0 Å². The molecule has 0 unspecified atom stereocenters. The Labute approximate surface area is 81.5 Å². The van der Waals surface area contributed by atoms with Crippen LogP contribution in [0.2, 0.25) is 0 Å². The summed E-state index contributed by atoms with van der Waals surface area (Å²) < 4.78 is 0. The second-order valence-corrected chi connectivity index (χ2v) is 3.20. The lowest BCUT2D eigenvalue weighted by Gasteiger charge is -2.21. The quantitative estimate of drug-likeness (QED) is 0.542. The largest absolute Gasteiger partial charge is 0.480 e. The third-order valence-corrected chi connectivity index (χ3v) is 2.24. The zero-order chi connectivity index (χ0) is 9.84. The molecule has 1 amide bonds. The molecule has 1 aliphatic heterocycles. The highest BCUT2D eigenvalue weighted by Crippen LogP contribution is 2.14. The van der Waals surface area contributed by atoms with Crippen LogP contribution in [0.1, 0.15) is 12.8 Å². The van der Waals surface area contributed by atoms with E-state index in [2.05, 4.69) is 18.1 Å². The molecule has 1 fully saturated rings. The Morgan fingerprint density at radius 1 is 1.62 bits per heavy atom. The summed E-state index contributed by atoms with van der Waals surface area (Å²) in [5.74, 6) is -1.09. The van der Waals surface area contributed by atoms with E-state index >= 15 is 0 Å². The molecule has 0 saturated carbocycles. The van der Waals surface area contributed by atoms with E-state index in [1.54, 1.807) is 0 Å². The van der Waals surface area contributed by atoms with Crippen LogP contribution in [-0.4, -0.2) is 40.3 Å². The first-order chi connectivity index (χ1) is 6.15. The first-order valence-electron chi connectivity index (χ1n) is 4.05. The zero-order valence-corrected chi connectivity index (χ0v) is 7.96. The van der Waals surface area contributed by atoms with Gasteiger partial charge in [0.15, 0.2) is 0 Å². The van der Waals surface area contributed by atoms with Crippen molar-refractivity contribution in [2.45, 2.75) is 18.9 Å². The van der Waals surface area contributed by atoms with E-state index in [-0.39, 0.29) is 11.7 Å². The number of hydrazine groups is 1. The number of carboxylic acids is 1. The van der Waals surface area contributed by atoms with E-state index in [0.29, 0.717) is 13.0 Å². The predicted molar refractivity (Wildman–Crippen MR) is 49.4 cm³/mol. The molecule has 5 nitrogen and oxygen atoms in total. The summed E-state index contributed by atoms with van der Waals surface area (Å²) in [6.45, 7) is 0.594. The summed E-state index contributed by atoms with van der Waals surface area (Å²) in [6.07, 6.45) is 1.38. The highest BCUT2D eigenvalue weighted by Gasteiger charge is 2.31. The van der Waals surface area contributed by atoms with Gasteiger partial charge >= 0.3 is 5.97 Å². The Morgan fingerprint density at radius 2 is 2.31 bits per heavy atom. The molecule has 1 saturated heterocycles. The van der Waals surface area contributed by atoms with Crippen LogP contribution in [0.3, 0.4) is 0 Å². The summed E-state index contributed by atoms with van der Waals surface area (Å²) in [7, 11) is 0. The first-order valence-corrected chi connectivity index (χ1v) is 4.68. The topological polar surface area (TPSA) is 69.6 Å². The lowest BCUT2D eigenvalue weighted by atomic mass is 10.2. The molecular formula is C7H12N2O3S. The molecule has 2 N–H and O–H groups in total. The van der Waals surface area contributed by atoms with Crippen molar-refractivity contribution in [3.05, 3.63) is 0 Å². The van der Waals surface area contributed by atoms with E-state index in [1.165, 1.54) is 5.01 Å². The van der Waals surface area contributed by atoms with Gasteiger partial charge in [-0.05, 0) is 12.8 Å². The van der Waals surface area contributed by atoms with Crippen molar-refractivity contribution in [2.75, 3.05) is 12.3 Å². The van der Waals surface area contributed by atoms with E-state index in [1.807, 2.05) is 0 Å². The number of carbonyl (C=O) groups excluding carboxylic acids is 1. The van der Waals surface area contributed by atoms with Crippen molar-refractivity contribution < 1.29 is 14.7 Å². The van der Waals surface area contributed by atoms with Gasteiger partial charge in [-0.3, -0.25) is 15.0 Å². The molecule has 0 radical (unpaired) electrons. The summed E-state index contributed by atoms with van der Waals surface area (Å²) in [5, 5.41) is 10.2. The van der Waals surface area contributed by atoms with Gasteiger partial charge in [-0.1, -0.05) is 0 Å². The van der Waals surface area contributed by atoms with Gasteiger partial charge in [0.05, 0.1) is 5.75 Å². The number of thiol groups is 1. The van der Waals surface area contributed by atoms with Gasteiger partial charge < -0.3 is 5.11 Å². The summed E-state index contributed by atoms with van der Waals surface area (Å²) in [5.41, 5.74) is 2.50. The van der Waals surface area contributed by atoms with Crippen molar-refractivity contribution in [2.24, 2.45) is 0 Å². The summed E-state index contributed by atoms with van der Waals surface area (Å²) in [4.78, 5) is 21.6. The second kappa shape index (κ2) is 4.48. The standard InChI is InChI=1S/C7H12N2O3S/c10-6(4-13)8-9-3-1-2-5(9)7(11)12/h5,13H,1-4H2,(H,8,10)(H,11,12)/t5-/m0/s1. The molecule has 0 bridgehead atoms. The van der Waals surface area contributed by atoms with Crippen molar-refractivity contribution in [3.63, 3.8) is 0 Å². The maximum absolute atomic E-state index is 10.9. The van der Waals surface area contributed by atoms with E-state index in [4.69, 9.17) is 5.11 Å². The Kier molecular flexibility index (Phi) is 3.56. The number of aliphatic carboxylic acids is 1. The van der Waals surface area contributed by atoms with Crippen LogP contribution in [0.4, 0.5) is 0 Å². The molecule has 1 heterocycles. The molecule has 1 aliphatic rings. The number of rotatable bonds is 3. The van der Waals surface area contributed by atoms with E-state index in [0.717, 1.165) is 6.42 Å². The van der Waals surface area contributed by atoms with Crippen LogP contribution in [-0.2, 0) is 9.59 Å². The number of amides is 1. The minimum absolute atomic E-state index is 0.0723. The maximum Gasteiger partial charge on any atom is 0.322 e. The normalized spacial score (nSPS) is 23.0.